The molecule has 1 aliphatic heterocycles. The highest BCUT2D eigenvalue weighted by molar-refractivity contribution is 5.12. The van der Waals surface area contributed by atoms with Gasteiger partial charge in [0.2, 0.25) is 0 Å². The van der Waals surface area contributed by atoms with Crippen molar-refractivity contribution in [2.24, 2.45) is 0 Å². The van der Waals surface area contributed by atoms with Crippen molar-refractivity contribution in [1.29, 1.82) is 0 Å². The minimum atomic E-state index is 0. The van der Waals surface area contributed by atoms with Crippen LogP contribution in [0.4, 0.5) is 0 Å². The summed E-state index contributed by atoms with van der Waals surface area (Å²) in [6.45, 7) is 4.60. The van der Waals surface area contributed by atoms with Gasteiger partial charge in [0.15, 0.2) is 12.4 Å². The van der Waals surface area contributed by atoms with E-state index < -0.39 is 0 Å². The van der Waals surface area contributed by atoms with Crippen LogP contribution in [0.3, 0.4) is 0 Å². The van der Waals surface area contributed by atoms with Crippen molar-refractivity contribution >= 4 is 0 Å². The molecule has 0 saturated carbocycles. The number of aromatic nitrogens is 1. The standard InChI is InChI=1S/C13H21N2.HI/c1-3-8-15-10-4-6-12(11-15)13-7-5-9-14(13)2;/h4,6,10-11,13H,3,5,7-9H2,1-2H3;1H/q+1;/p-1/t13-;/m0./s1. The zero-order chi connectivity index (χ0) is 10.7. The lowest BCUT2D eigenvalue weighted by Gasteiger charge is -2.18. The number of hydrogen-bond donors (Lipinski definition) is 0. The van der Waals surface area contributed by atoms with Gasteiger partial charge < -0.3 is 24.0 Å². The Morgan fingerprint density at radius 1 is 1.50 bits per heavy atom. The van der Waals surface area contributed by atoms with Gasteiger partial charge in [0.1, 0.15) is 6.54 Å². The summed E-state index contributed by atoms with van der Waals surface area (Å²) in [5.74, 6) is 0. The van der Waals surface area contributed by atoms with Gasteiger partial charge in [-0.3, -0.25) is 4.90 Å². The van der Waals surface area contributed by atoms with Gasteiger partial charge in [0, 0.05) is 24.1 Å². The molecule has 0 radical (unpaired) electrons. The SMILES string of the molecule is CCC[n+]1cccc([C@@H]2CCCN2C)c1.[I-]. The van der Waals surface area contributed by atoms with Crippen molar-refractivity contribution in [2.75, 3.05) is 13.6 Å². The molecule has 0 N–H and O–H groups in total. The molecule has 16 heavy (non-hydrogen) atoms. The number of nitrogens with zero attached hydrogens (tertiary/aromatic N) is 2. The van der Waals surface area contributed by atoms with Gasteiger partial charge in [-0.25, -0.2) is 4.57 Å². The molecule has 1 aliphatic rings. The fraction of sp³-hybridized carbons (Fsp3) is 0.615. The summed E-state index contributed by atoms with van der Waals surface area (Å²) in [5.41, 5.74) is 1.48. The minimum absolute atomic E-state index is 0. The molecular formula is C13H21IN2. The number of halogens is 1. The third-order valence-electron chi connectivity index (χ3n) is 3.27. The Labute approximate surface area is 116 Å². The van der Waals surface area contributed by atoms with Crippen LogP contribution < -0.4 is 28.5 Å². The van der Waals surface area contributed by atoms with Crippen molar-refractivity contribution in [2.45, 2.75) is 38.8 Å². The van der Waals surface area contributed by atoms with Crippen LogP contribution in [0.15, 0.2) is 24.5 Å². The zero-order valence-electron chi connectivity index (χ0n) is 10.2. The van der Waals surface area contributed by atoms with Crippen LogP contribution in [0.2, 0.25) is 0 Å². The molecule has 1 atom stereocenters. The Bertz CT molecular complexity index is 327. The maximum Gasteiger partial charge on any atom is 0.173 e. The van der Waals surface area contributed by atoms with Crippen LogP contribution in [0.1, 0.15) is 37.8 Å². The highest BCUT2D eigenvalue weighted by Crippen LogP contribution is 2.29. The maximum atomic E-state index is 2.46. The van der Waals surface area contributed by atoms with Crippen LogP contribution in [0, 0.1) is 0 Å². The summed E-state index contributed by atoms with van der Waals surface area (Å²) in [6.07, 6.45) is 8.34. The average molecular weight is 332 g/mol. The molecule has 0 spiro atoms. The van der Waals surface area contributed by atoms with Crippen molar-refractivity contribution in [3.05, 3.63) is 30.1 Å². The van der Waals surface area contributed by atoms with Crippen molar-refractivity contribution in [1.82, 2.24) is 4.90 Å². The van der Waals surface area contributed by atoms with E-state index in [4.69, 9.17) is 0 Å². The highest BCUT2D eigenvalue weighted by atomic mass is 127. The Kier molecular flexibility index (Phi) is 5.69. The lowest BCUT2D eigenvalue weighted by atomic mass is 10.1. The van der Waals surface area contributed by atoms with Crippen LogP contribution in [0.5, 0.6) is 0 Å². The van der Waals surface area contributed by atoms with E-state index in [0.29, 0.717) is 6.04 Å². The molecule has 0 aromatic carbocycles. The molecule has 2 heterocycles. The summed E-state index contributed by atoms with van der Waals surface area (Å²) < 4.78 is 2.31. The van der Waals surface area contributed by atoms with Crippen molar-refractivity contribution in [3.8, 4) is 0 Å². The molecule has 0 amide bonds. The van der Waals surface area contributed by atoms with E-state index in [1.807, 2.05) is 0 Å². The predicted octanol–water partition coefficient (Wildman–Crippen LogP) is -0.845. The molecule has 1 saturated heterocycles. The maximum absolute atomic E-state index is 2.46. The Morgan fingerprint density at radius 2 is 2.31 bits per heavy atom. The average Bonchev–Trinajstić information content (AvgIpc) is 2.65. The molecule has 0 unspecified atom stereocenters. The van der Waals surface area contributed by atoms with Crippen molar-refractivity contribution in [3.63, 3.8) is 0 Å². The van der Waals surface area contributed by atoms with Gasteiger partial charge in [-0.2, -0.15) is 0 Å². The summed E-state index contributed by atoms with van der Waals surface area (Å²) >= 11 is 0. The van der Waals surface area contributed by atoms with Gasteiger partial charge in [-0.1, -0.05) is 6.92 Å². The second-order valence-corrected chi connectivity index (χ2v) is 4.51. The van der Waals surface area contributed by atoms with Crippen LogP contribution in [-0.4, -0.2) is 18.5 Å². The second kappa shape index (κ2) is 6.55. The second-order valence-electron chi connectivity index (χ2n) is 4.51. The lowest BCUT2D eigenvalue weighted by Crippen LogP contribution is -3.00. The Hall–Kier alpha value is -0.160. The highest BCUT2D eigenvalue weighted by Gasteiger charge is 2.24. The fourth-order valence-electron chi connectivity index (χ4n) is 2.47. The molecular weight excluding hydrogens is 311 g/mol. The van der Waals surface area contributed by atoms with E-state index in [1.54, 1.807) is 0 Å². The molecule has 90 valence electrons. The Morgan fingerprint density at radius 3 is 2.94 bits per heavy atom. The normalized spacial score (nSPS) is 20.8. The van der Waals surface area contributed by atoms with Crippen LogP contribution >= 0.6 is 0 Å². The van der Waals surface area contributed by atoms with Gasteiger partial charge in [-0.15, -0.1) is 0 Å². The molecule has 1 fully saturated rings. The summed E-state index contributed by atoms with van der Waals surface area (Å²) in [6, 6.07) is 5.09. The number of aryl methyl sites for hydroxylation is 1. The first-order chi connectivity index (χ1) is 7.31. The lowest BCUT2D eigenvalue weighted by molar-refractivity contribution is -0.697. The summed E-state index contributed by atoms with van der Waals surface area (Å²) in [7, 11) is 2.23. The third-order valence-corrected chi connectivity index (χ3v) is 3.27. The molecule has 2 nitrogen and oxygen atoms in total. The fourth-order valence-corrected chi connectivity index (χ4v) is 2.47. The largest absolute Gasteiger partial charge is 1.00 e. The quantitative estimate of drug-likeness (QED) is 0.517. The third kappa shape index (κ3) is 3.17. The summed E-state index contributed by atoms with van der Waals surface area (Å²) in [5, 5.41) is 0. The van der Waals surface area contributed by atoms with Gasteiger partial charge in [-0.05, 0) is 32.5 Å². The predicted molar refractivity (Wildman–Crippen MR) is 61.5 cm³/mol. The Balaban J connectivity index is 0.00000128. The van der Waals surface area contributed by atoms with Crippen LogP contribution in [0.25, 0.3) is 0 Å². The number of hydrogen-bond acceptors (Lipinski definition) is 1. The van der Waals surface area contributed by atoms with Crippen LogP contribution in [-0.2, 0) is 6.54 Å². The monoisotopic (exact) mass is 332 g/mol. The topological polar surface area (TPSA) is 7.12 Å². The molecule has 1 aromatic heterocycles. The molecule has 0 aliphatic carbocycles. The first-order valence-corrected chi connectivity index (χ1v) is 6.00. The summed E-state index contributed by atoms with van der Waals surface area (Å²) in [4.78, 5) is 2.46. The smallest absolute Gasteiger partial charge is 0.173 e. The molecule has 3 heteroatoms. The zero-order valence-corrected chi connectivity index (χ0v) is 12.4. The first-order valence-electron chi connectivity index (χ1n) is 6.00. The number of rotatable bonds is 3. The molecule has 2 rings (SSSR count). The molecule has 1 aromatic rings. The minimum Gasteiger partial charge on any atom is -1.00 e. The van der Waals surface area contributed by atoms with Gasteiger partial charge in [0.05, 0.1) is 0 Å². The number of pyridine rings is 1. The van der Waals surface area contributed by atoms with E-state index in [9.17, 15) is 0 Å². The van der Waals surface area contributed by atoms with Crippen molar-refractivity contribution < 1.29 is 28.5 Å². The van der Waals surface area contributed by atoms with Gasteiger partial charge in [0.25, 0.3) is 0 Å². The van der Waals surface area contributed by atoms with E-state index in [0.717, 1.165) is 6.54 Å². The van der Waals surface area contributed by atoms with Gasteiger partial charge >= 0.3 is 0 Å². The van der Waals surface area contributed by atoms with E-state index in [1.165, 1.54) is 31.4 Å². The number of likely N-dealkylation sites (tertiary alicyclic amines) is 1. The first kappa shape index (κ1) is 13.9. The van der Waals surface area contributed by atoms with E-state index >= 15 is 0 Å². The molecule has 0 bridgehead atoms. The van der Waals surface area contributed by atoms with E-state index in [2.05, 4.69) is 48.0 Å². The van der Waals surface area contributed by atoms with E-state index in [-0.39, 0.29) is 24.0 Å².